The van der Waals surface area contributed by atoms with E-state index in [1.807, 2.05) is 30.3 Å². The van der Waals surface area contributed by atoms with Crippen LogP contribution in [0.5, 0.6) is 0 Å². The van der Waals surface area contributed by atoms with E-state index < -0.39 is 52.1 Å². The summed E-state index contributed by atoms with van der Waals surface area (Å²) in [4.78, 5) is 52.6. The van der Waals surface area contributed by atoms with Crippen molar-refractivity contribution in [3.8, 4) is 0 Å². The highest BCUT2D eigenvalue weighted by atomic mass is 32.2. The molecule has 10 heteroatoms. The van der Waals surface area contributed by atoms with Gasteiger partial charge in [0.1, 0.15) is 29.5 Å². The van der Waals surface area contributed by atoms with Gasteiger partial charge in [-0.15, -0.1) is 11.8 Å². The molecule has 5 rings (SSSR count). The van der Waals surface area contributed by atoms with Crippen LogP contribution in [-0.2, 0) is 25.7 Å². The summed E-state index contributed by atoms with van der Waals surface area (Å²) in [6.07, 6.45) is 0. The summed E-state index contributed by atoms with van der Waals surface area (Å²) in [7, 11) is 0. The number of nitrogens with one attached hydrogen (secondary N) is 3. The lowest BCUT2D eigenvalue weighted by molar-refractivity contribution is -0.161. The number of nitrogens with zero attached hydrogens (tertiary/aromatic N) is 1. The topological polar surface area (TPSA) is 128 Å². The van der Waals surface area contributed by atoms with Gasteiger partial charge >= 0.3 is 5.97 Å². The van der Waals surface area contributed by atoms with Crippen LogP contribution in [0, 0.1) is 0 Å². The Morgan fingerprint density at radius 3 is 2.51 bits per heavy atom. The molecule has 0 saturated carbocycles. The Bertz CT molecular complexity index is 1200. The number of benzene rings is 2. The predicted molar refractivity (Wildman–Crippen MR) is 129 cm³/mol. The number of hydrogen-bond acceptors (Lipinski definition) is 6. The average molecular weight is 495 g/mol. The van der Waals surface area contributed by atoms with Crippen molar-refractivity contribution < 1.29 is 24.3 Å². The molecule has 182 valence electrons. The number of rotatable bonds is 6. The normalized spacial score (nSPS) is 26.8. The van der Waals surface area contributed by atoms with Gasteiger partial charge in [-0.3, -0.25) is 19.7 Å². The zero-order chi connectivity index (χ0) is 24.9. The number of β-lactam (4-membered cyclic amide) rings is 1. The molecule has 2 aromatic rings. The molecule has 0 aromatic heterocycles. The Morgan fingerprint density at radius 1 is 1.11 bits per heavy atom. The number of carboxylic acids is 1. The number of thioether (sulfide) groups is 1. The molecule has 3 amide bonds. The molecule has 2 aromatic carbocycles. The number of carboxylic acid groups (broad SMARTS) is 1. The van der Waals surface area contributed by atoms with Gasteiger partial charge in [0.2, 0.25) is 17.7 Å². The maximum Gasteiger partial charge on any atom is 0.327 e. The summed E-state index contributed by atoms with van der Waals surface area (Å²) in [5, 5.41) is 17.9. The van der Waals surface area contributed by atoms with Crippen molar-refractivity contribution in [1.29, 1.82) is 0 Å². The van der Waals surface area contributed by atoms with E-state index in [0.717, 1.165) is 11.1 Å². The van der Waals surface area contributed by atoms with E-state index in [9.17, 15) is 24.3 Å². The van der Waals surface area contributed by atoms with Gasteiger partial charge in [0, 0.05) is 11.3 Å². The Hall–Kier alpha value is -3.37. The third-order valence-electron chi connectivity index (χ3n) is 6.78. The van der Waals surface area contributed by atoms with Crippen molar-refractivity contribution in [3.05, 3.63) is 71.3 Å². The molecule has 3 aliphatic rings. The Morgan fingerprint density at radius 2 is 1.80 bits per heavy atom. The quantitative estimate of drug-likeness (QED) is 0.446. The van der Waals surface area contributed by atoms with Gasteiger partial charge in [0.05, 0.1) is 0 Å². The zero-order valence-corrected chi connectivity index (χ0v) is 20.0. The molecule has 4 N–H and O–H groups in total. The molecule has 2 unspecified atom stereocenters. The van der Waals surface area contributed by atoms with Crippen molar-refractivity contribution in [1.82, 2.24) is 20.9 Å². The number of carbonyl (C=O) groups excluding carboxylic acids is 3. The molecule has 35 heavy (non-hydrogen) atoms. The van der Waals surface area contributed by atoms with Crippen LogP contribution in [0.25, 0.3) is 0 Å². The fraction of sp³-hybridized carbons (Fsp3) is 0.360. The summed E-state index contributed by atoms with van der Waals surface area (Å²) < 4.78 is -0.694. The van der Waals surface area contributed by atoms with Crippen molar-refractivity contribution in [2.24, 2.45) is 0 Å². The molecule has 0 radical (unpaired) electrons. The second-order valence-corrected chi connectivity index (χ2v) is 11.2. The van der Waals surface area contributed by atoms with Crippen LogP contribution < -0.4 is 16.0 Å². The lowest BCUT2D eigenvalue weighted by Gasteiger charge is -2.44. The molecule has 9 nitrogen and oxygen atoms in total. The van der Waals surface area contributed by atoms with E-state index in [2.05, 4.69) is 16.0 Å². The predicted octanol–water partition coefficient (Wildman–Crippen LogP) is 1.32. The third kappa shape index (κ3) is 3.96. The first-order valence-electron chi connectivity index (χ1n) is 11.4. The summed E-state index contributed by atoms with van der Waals surface area (Å²) in [5.41, 5.74) is 2.48. The van der Waals surface area contributed by atoms with Crippen LogP contribution >= 0.6 is 11.8 Å². The Labute approximate surface area is 206 Å². The molecule has 3 aliphatic heterocycles. The van der Waals surface area contributed by atoms with Gasteiger partial charge in [-0.2, -0.15) is 0 Å². The third-order valence-corrected chi connectivity index (χ3v) is 8.35. The second kappa shape index (κ2) is 8.69. The molecular formula is C25H26N4O5S. The van der Waals surface area contributed by atoms with E-state index in [1.54, 1.807) is 38.1 Å². The standard InChI is InChI=1S/C25H26N4O5S/c1-25(2)19(24(33)34)29-22(32)18(23(29)35-25)28-20(30)16(13-8-4-3-5-9-13)27-21(31)17-15-11-7-6-10-14(15)12-26-17/h3-11,16-19,23,26H,12H2,1-2H3,(H,27,31)(H,28,30)(H,33,34)/t16?,17?,18-,19+,23-/m1/s1. The van der Waals surface area contributed by atoms with E-state index in [-0.39, 0.29) is 5.91 Å². The van der Waals surface area contributed by atoms with Crippen molar-refractivity contribution in [2.45, 2.75) is 54.7 Å². The molecule has 3 heterocycles. The maximum absolute atomic E-state index is 13.4. The van der Waals surface area contributed by atoms with Crippen molar-refractivity contribution >= 4 is 35.5 Å². The van der Waals surface area contributed by atoms with Crippen LogP contribution in [0.15, 0.2) is 54.6 Å². The van der Waals surface area contributed by atoms with Crippen molar-refractivity contribution in [3.63, 3.8) is 0 Å². The summed E-state index contributed by atoms with van der Waals surface area (Å²) in [6, 6.07) is 13.0. The fourth-order valence-corrected chi connectivity index (χ4v) is 6.71. The lowest BCUT2D eigenvalue weighted by atomic mass is 9.95. The van der Waals surface area contributed by atoms with E-state index in [4.69, 9.17) is 0 Å². The number of amides is 3. The second-order valence-electron chi connectivity index (χ2n) is 9.45. The van der Waals surface area contributed by atoms with Gasteiger partial charge in [-0.1, -0.05) is 54.6 Å². The van der Waals surface area contributed by atoms with Crippen LogP contribution in [0.4, 0.5) is 0 Å². The molecule has 2 fully saturated rings. The smallest absolute Gasteiger partial charge is 0.327 e. The van der Waals surface area contributed by atoms with Gasteiger partial charge < -0.3 is 20.6 Å². The number of aliphatic carboxylic acids is 1. The minimum atomic E-state index is -1.07. The van der Waals surface area contributed by atoms with Crippen LogP contribution in [-0.4, -0.2) is 55.9 Å². The molecule has 2 saturated heterocycles. The summed E-state index contributed by atoms with van der Waals surface area (Å²) >= 11 is 1.35. The largest absolute Gasteiger partial charge is 0.480 e. The van der Waals surface area contributed by atoms with Crippen LogP contribution in [0.3, 0.4) is 0 Å². The molecular weight excluding hydrogens is 468 g/mol. The molecule has 0 aliphatic carbocycles. The first kappa shape index (κ1) is 23.4. The lowest BCUT2D eigenvalue weighted by Crippen LogP contribution is -2.71. The van der Waals surface area contributed by atoms with E-state index in [1.165, 1.54) is 16.7 Å². The summed E-state index contributed by atoms with van der Waals surface area (Å²) in [6.45, 7) is 4.11. The van der Waals surface area contributed by atoms with Gasteiger partial charge in [-0.25, -0.2) is 4.79 Å². The van der Waals surface area contributed by atoms with Crippen LogP contribution in [0.2, 0.25) is 0 Å². The monoisotopic (exact) mass is 494 g/mol. The summed E-state index contributed by atoms with van der Waals surface area (Å²) in [5.74, 6) is -2.37. The molecule has 0 bridgehead atoms. The number of fused-ring (bicyclic) bond motifs is 2. The molecule has 0 spiro atoms. The SMILES string of the molecule is CC1(C)S[C@@H]2[C@H](NC(=O)C(NC(=O)C3NCc4ccccc43)c3ccccc3)C(=O)N2[C@H]1C(=O)O. The highest BCUT2D eigenvalue weighted by molar-refractivity contribution is 8.01. The average Bonchev–Trinajstić information content (AvgIpc) is 3.38. The van der Waals surface area contributed by atoms with Crippen LogP contribution in [0.1, 0.15) is 42.6 Å². The van der Waals surface area contributed by atoms with E-state index in [0.29, 0.717) is 12.1 Å². The maximum atomic E-state index is 13.4. The molecule has 5 atom stereocenters. The Kier molecular flexibility index (Phi) is 5.80. The fourth-order valence-electron chi connectivity index (χ4n) is 5.09. The van der Waals surface area contributed by atoms with Gasteiger partial charge in [0.15, 0.2) is 0 Å². The Balaban J connectivity index is 1.34. The minimum absolute atomic E-state index is 0.345. The van der Waals surface area contributed by atoms with Gasteiger partial charge in [0.25, 0.3) is 0 Å². The van der Waals surface area contributed by atoms with Gasteiger partial charge in [-0.05, 0) is 30.5 Å². The van der Waals surface area contributed by atoms with Crippen molar-refractivity contribution in [2.75, 3.05) is 0 Å². The number of carbonyl (C=O) groups is 4. The highest BCUT2D eigenvalue weighted by Gasteiger charge is 2.64. The van der Waals surface area contributed by atoms with E-state index >= 15 is 0 Å². The number of hydrogen-bond donors (Lipinski definition) is 4. The minimum Gasteiger partial charge on any atom is -0.480 e. The highest BCUT2D eigenvalue weighted by Crippen LogP contribution is 2.50. The first-order chi connectivity index (χ1) is 16.7. The zero-order valence-electron chi connectivity index (χ0n) is 19.2. The first-order valence-corrected chi connectivity index (χ1v) is 12.3.